The second-order valence-electron chi connectivity index (χ2n) is 26.9. The number of aliphatic hydroxyl groups excluding tert-OH is 1. The number of carbonyl (C=O) groups is 4. The van der Waals surface area contributed by atoms with E-state index < -0.39 is 97.5 Å². The third-order valence-corrected chi connectivity index (χ3v) is 19.5. The molecule has 0 heterocycles. The Morgan fingerprint density at radius 2 is 0.516 bits per heavy atom. The van der Waals surface area contributed by atoms with Crippen molar-refractivity contribution >= 4 is 39.5 Å². The molecule has 19 heteroatoms. The number of unbranched alkanes of at least 4 members (excludes halogenated alkanes) is 45. The Bertz CT molecular complexity index is 1790. The van der Waals surface area contributed by atoms with Crippen LogP contribution < -0.4 is 0 Å². The van der Waals surface area contributed by atoms with Crippen LogP contribution in [0, 0.1) is 5.92 Å². The van der Waals surface area contributed by atoms with Gasteiger partial charge >= 0.3 is 39.5 Å². The molecule has 0 aliphatic heterocycles. The molecule has 0 saturated carbocycles. The van der Waals surface area contributed by atoms with E-state index in [1.165, 1.54) is 205 Å². The first-order valence-corrected chi connectivity index (χ1v) is 41.7. The first-order chi connectivity index (χ1) is 45.1. The fourth-order valence-corrected chi connectivity index (χ4v) is 12.9. The summed E-state index contributed by atoms with van der Waals surface area (Å²) in [5, 5.41) is 10.6. The average Bonchev–Trinajstić information content (AvgIpc) is 2.66. The van der Waals surface area contributed by atoms with Crippen molar-refractivity contribution < 1.29 is 80.2 Å². The second kappa shape index (κ2) is 67.3. The molecular formula is C74H144O17P2. The lowest BCUT2D eigenvalue weighted by Gasteiger charge is -2.21. The quantitative estimate of drug-likeness (QED) is 0.0222. The molecule has 17 nitrogen and oxygen atoms in total. The molecule has 0 spiro atoms. The number of carbonyl (C=O) groups excluding carboxylic acids is 4. The van der Waals surface area contributed by atoms with E-state index in [-0.39, 0.29) is 25.7 Å². The fraction of sp³-hybridized carbons (Fsp3) is 0.946. The van der Waals surface area contributed by atoms with Gasteiger partial charge in [-0.25, -0.2) is 9.13 Å². The van der Waals surface area contributed by atoms with E-state index in [1.54, 1.807) is 0 Å². The number of aliphatic hydroxyl groups is 1. The minimum Gasteiger partial charge on any atom is -0.462 e. The lowest BCUT2D eigenvalue weighted by molar-refractivity contribution is -0.161. The van der Waals surface area contributed by atoms with Crippen molar-refractivity contribution in [2.75, 3.05) is 39.6 Å². The Morgan fingerprint density at radius 1 is 0.301 bits per heavy atom. The standard InChI is InChI=1S/C74H144O17P2/c1-6-10-13-16-19-22-25-28-29-30-31-32-33-34-37-40-43-50-55-60-74(79)90-69(63-84-71(76)57-52-47-41-38-35-26-23-20-17-14-11-7-2)65-88-92(80,81)86-61-68(75)62-87-93(82,83)89-66-70(64-85-72(77)58-53-48-45-44-46-51-56-67(5)9-4)91-73(78)59-54-49-42-39-36-27-24-21-18-15-12-8-3/h67-70,75H,6-66H2,1-5H3,(H,80,81)(H,82,83)/t67?,68-,69-,70-/m1/s1. The predicted octanol–water partition coefficient (Wildman–Crippen LogP) is 21.7. The lowest BCUT2D eigenvalue weighted by atomic mass is 10.00. The Labute approximate surface area is 568 Å². The van der Waals surface area contributed by atoms with Gasteiger partial charge in [-0.05, 0) is 31.6 Å². The largest absolute Gasteiger partial charge is 0.472 e. The van der Waals surface area contributed by atoms with Gasteiger partial charge in [0.1, 0.15) is 19.3 Å². The maximum atomic E-state index is 13.1. The van der Waals surface area contributed by atoms with Crippen LogP contribution in [0.15, 0.2) is 0 Å². The summed E-state index contributed by atoms with van der Waals surface area (Å²) in [6.45, 7) is 7.24. The zero-order valence-electron chi connectivity index (χ0n) is 60.4. The van der Waals surface area contributed by atoms with Crippen molar-refractivity contribution in [3.8, 4) is 0 Å². The smallest absolute Gasteiger partial charge is 0.462 e. The first kappa shape index (κ1) is 91.1. The van der Waals surface area contributed by atoms with Gasteiger partial charge in [0.2, 0.25) is 0 Å². The van der Waals surface area contributed by atoms with E-state index in [1.807, 2.05) is 0 Å². The zero-order chi connectivity index (χ0) is 68.4. The highest BCUT2D eigenvalue weighted by Crippen LogP contribution is 2.45. The molecular weight excluding hydrogens is 1220 g/mol. The lowest BCUT2D eigenvalue weighted by Crippen LogP contribution is -2.30. The molecule has 3 N–H and O–H groups in total. The summed E-state index contributed by atoms with van der Waals surface area (Å²) < 4.78 is 68.4. The molecule has 0 radical (unpaired) electrons. The van der Waals surface area contributed by atoms with E-state index in [0.29, 0.717) is 25.7 Å². The van der Waals surface area contributed by atoms with Gasteiger partial charge in [-0.2, -0.15) is 0 Å². The number of hydrogen-bond donors (Lipinski definition) is 3. The van der Waals surface area contributed by atoms with Crippen molar-refractivity contribution in [2.45, 2.75) is 406 Å². The van der Waals surface area contributed by atoms with Crippen molar-refractivity contribution in [3.63, 3.8) is 0 Å². The maximum Gasteiger partial charge on any atom is 0.472 e. The van der Waals surface area contributed by atoms with E-state index in [0.717, 1.165) is 102 Å². The van der Waals surface area contributed by atoms with Crippen LogP contribution in [-0.2, 0) is 65.4 Å². The highest BCUT2D eigenvalue weighted by Gasteiger charge is 2.30. The summed E-state index contributed by atoms with van der Waals surface area (Å²) in [4.78, 5) is 72.7. The molecule has 6 atom stereocenters. The monoisotopic (exact) mass is 1370 g/mol. The summed E-state index contributed by atoms with van der Waals surface area (Å²) in [6, 6.07) is 0. The maximum absolute atomic E-state index is 13.1. The summed E-state index contributed by atoms with van der Waals surface area (Å²) in [5.41, 5.74) is 0. The van der Waals surface area contributed by atoms with Crippen molar-refractivity contribution in [3.05, 3.63) is 0 Å². The summed E-state index contributed by atoms with van der Waals surface area (Å²) >= 11 is 0. The normalized spacial score (nSPS) is 14.3. The molecule has 3 unspecified atom stereocenters. The van der Waals surface area contributed by atoms with Crippen molar-refractivity contribution in [2.24, 2.45) is 5.92 Å². The zero-order valence-corrected chi connectivity index (χ0v) is 62.2. The van der Waals surface area contributed by atoms with Gasteiger partial charge in [0, 0.05) is 25.7 Å². The highest BCUT2D eigenvalue weighted by atomic mass is 31.2. The molecule has 0 aliphatic carbocycles. The van der Waals surface area contributed by atoms with Gasteiger partial charge in [0.15, 0.2) is 12.2 Å². The van der Waals surface area contributed by atoms with Crippen LogP contribution in [0.25, 0.3) is 0 Å². The molecule has 0 rings (SSSR count). The van der Waals surface area contributed by atoms with Crippen LogP contribution in [0.1, 0.15) is 388 Å². The SMILES string of the molecule is CCCCCCCCCCCCCCCCCCCCCC(=O)O[C@H](COC(=O)CCCCCCCCCCCCCC)COP(=O)(O)OC[C@@H](O)COP(=O)(O)OC[C@@H](COC(=O)CCCCCCCCC(C)CC)OC(=O)CCCCCCCCCCCCCC. The van der Waals surface area contributed by atoms with Gasteiger partial charge in [-0.1, -0.05) is 336 Å². The molecule has 93 heavy (non-hydrogen) atoms. The van der Waals surface area contributed by atoms with E-state index in [9.17, 15) is 43.2 Å². The summed E-state index contributed by atoms with van der Waals surface area (Å²) in [7, 11) is -9.90. The van der Waals surface area contributed by atoms with Crippen LogP contribution in [0.4, 0.5) is 0 Å². The van der Waals surface area contributed by atoms with Gasteiger partial charge in [-0.15, -0.1) is 0 Å². The van der Waals surface area contributed by atoms with E-state index in [4.69, 9.17) is 37.0 Å². The van der Waals surface area contributed by atoms with Crippen LogP contribution in [0.5, 0.6) is 0 Å². The first-order valence-electron chi connectivity index (χ1n) is 38.7. The van der Waals surface area contributed by atoms with E-state index in [2.05, 4.69) is 34.6 Å². The minimum atomic E-state index is -4.95. The molecule has 552 valence electrons. The number of ether oxygens (including phenoxy) is 4. The van der Waals surface area contributed by atoms with Gasteiger partial charge in [-0.3, -0.25) is 37.3 Å². The molecule has 0 aliphatic rings. The third-order valence-electron chi connectivity index (χ3n) is 17.6. The molecule has 0 saturated heterocycles. The summed E-state index contributed by atoms with van der Waals surface area (Å²) in [5.74, 6) is -1.39. The Hall–Kier alpha value is -1.94. The van der Waals surface area contributed by atoms with Crippen LogP contribution in [0.2, 0.25) is 0 Å². The number of esters is 4. The number of hydrogen-bond acceptors (Lipinski definition) is 15. The Balaban J connectivity index is 5.22. The van der Waals surface area contributed by atoms with Gasteiger partial charge < -0.3 is 33.8 Å². The molecule has 0 aromatic heterocycles. The van der Waals surface area contributed by atoms with Gasteiger partial charge in [0.05, 0.1) is 26.4 Å². The van der Waals surface area contributed by atoms with Crippen molar-refractivity contribution in [1.29, 1.82) is 0 Å². The molecule has 0 bridgehead atoms. The third kappa shape index (κ3) is 67.0. The summed E-state index contributed by atoms with van der Waals surface area (Å²) in [6.07, 6.45) is 55.5. The number of phosphoric acid groups is 2. The molecule has 0 fully saturated rings. The van der Waals surface area contributed by atoms with Crippen LogP contribution in [-0.4, -0.2) is 96.7 Å². The van der Waals surface area contributed by atoms with Crippen molar-refractivity contribution in [1.82, 2.24) is 0 Å². The number of rotatable bonds is 74. The molecule has 0 aromatic carbocycles. The Kier molecular flexibility index (Phi) is 65.9. The fourth-order valence-electron chi connectivity index (χ4n) is 11.3. The highest BCUT2D eigenvalue weighted by molar-refractivity contribution is 7.47. The molecule has 0 aromatic rings. The van der Waals surface area contributed by atoms with E-state index >= 15 is 0 Å². The van der Waals surface area contributed by atoms with Gasteiger partial charge in [0.25, 0.3) is 0 Å². The number of phosphoric ester groups is 2. The second-order valence-corrected chi connectivity index (χ2v) is 29.8. The molecule has 0 amide bonds. The minimum absolute atomic E-state index is 0.107. The Morgan fingerprint density at radius 3 is 0.763 bits per heavy atom. The topological polar surface area (TPSA) is 237 Å². The average molecular weight is 1370 g/mol. The predicted molar refractivity (Wildman–Crippen MR) is 377 cm³/mol. The van der Waals surface area contributed by atoms with Crippen LogP contribution in [0.3, 0.4) is 0 Å². The van der Waals surface area contributed by atoms with Crippen LogP contribution >= 0.6 is 15.6 Å².